The van der Waals surface area contributed by atoms with E-state index in [0.717, 1.165) is 502 Å². The third-order valence-electron chi connectivity index (χ3n) is 28.4. The molecule has 21 nitrogen and oxygen atoms in total. The minimum atomic E-state index is -0.329. The van der Waals surface area contributed by atoms with Crippen LogP contribution in [0.15, 0.2) is 18.2 Å². The monoisotopic (exact) mass is 2020 g/mol. The van der Waals surface area contributed by atoms with Crippen molar-refractivity contribution in [3.63, 3.8) is 0 Å². The van der Waals surface area contributed by atoms with Crippen molar-refractivity contribution in [2.24, 2.45) is 0 Å². The average Bonchev–Trinajstić information content (AvgIpc) is 0.824. The van der Waals surface area contributed by atoms with Crippen LogP contribution in [-0.2, 0) is 57.2 Å². The highest BCUT2D eigenvalue weighted by atomic mass is 16.6. The summed E-state index contributed by atoms with van der Waals surface area (Å²) in [5, 5.41) is 9.64. The maximum absolute atomic E-state index is 14.6. The molecule has 21 heteroatoms. The van der Waals surface area contributed by atoms with Crippen molar-refractivity contribution < 1.29 is 71.6 Å². The SMILES string of the molecule is CCCCC(CCC)OC(=O)CCCCCCCCCCN(CCCCCCCCC(=O)OC(CCC)CCCC)CCCNC(=O)c1cc(C(=O)NCCCN(CCCCCCCCC(=O)OC(CCC)CCCC)CCCCCCCCC(=O)OC(CCC)CCCC)cc(C(=O)NCCCN(CCCCCCCCC(=O)OC(CCC)CCCC)CCCCCCCCC(=O)OC(CCC)CCCC)c1. The fraction of sp³-hybridized carbons (Fsp3) is 0.877. The molecule has 1 rings (SSSR count). The molecule has 3 amide bonds. The van der Waals surface area contributed by atoms with Gasteiger partial charge < -0.3 is 59.1 Å². The third-order valence-corrected chi connectivity index (χ3v) is 28.4. The van der Waals surface area contributed by atoms with Gasteiger partial charge in [0, 0.05) is 74.8 Å². The number of hydrogen-bond donors (Lipinski definition) is 3. The van der Waals surface area contributed by atoms with Gasteiger partial charge in [-0.1, -0.05) is 366 Å². The van der Waals surface area contributed by atoms with Crippen molar-refractivity contribution in [1.82, 2.24) is 30.7 Å². The average molecular weight is 2020 g/mol. The number of benzene rings is 1. The molecule has 0 aromatic heterocycles. The Bertz CT molecular complexity index is 2940. The van der Waals surface area contributed by atoms with Gasteiger partial charge in [-0.25, -0.2) is 0 Å². The second-order valence-electron chi connectivity index (χ2n) is 42.3. The number of carbonyl (C=O) groups excluding carboxylic acids is 9. The molecule has 1 aromatic carbocycles. The molecule has 0 saturated heterocycles. The summed E-state index contributed by atoms with van der Waals surface area (Å²) >= 11 is 0. The summed E-state index contributed by atoms with van der Waals surface area (Å²) in [5.74, 6) is -1.31. The summed E-state index contributed by atoms with van der Waals surface area (Å²) in [6, 6.07) is 4.93. The summed E-state index contributed by atoms with van der Waals surface area (Å²) in [6.45, 7) is 35.5. The molecule has 3 N–H and O–H groups in total. The maximum Gasteiger partial charge on any atom is 0.306 e. The molecule has 0 heterocycles. The Morgan fingerprint density at radius 3 is 0.469 bits per heavy atom. The van der Waals surface area contributed by atoms with E-state index in [2.05, 4.69) is 114 Å². The van der Waals surface area contributed by atoms with Gasteiger partial charge in [0.1, 0.15) is 36.6 Å². The van der Waals surface area contributed by atoms with E-state index in [0.29, 0.717) is 58.2 Å². The second kappa shape index (κ2) is 99.6. The van der Waals surface area contributed by atoms with Crippen LogP contribution < -0.4 is 16.0 Å². The van der Waals surface area contributed by atoms with Crippen LogP contribution in [-0.4, -0.2) is 183 Å². The Balaban J connectivity index is 3.54. The van der Waals surface area contributed by atoms with Crippen LogP contribution in [0, 0.1) is 0 Å². The van der Waals surface area contributed by atoms with Crippen LogP contribution in [0.4, 0.5) is 0 Å². The lowest BCUT2D eigenvalue weighted by Gasteiger charge is -2.23. The number of hydrogen-bond acceptors (Lipinski definition) is 18. The topological polar surface area (TPSA) is 255 Å². The van der Waals surface area contributed by atoms with Gasteiger partial charge in [-0.05, 0) is 250 Å². The van der Waals surface area contributed by atoms with E-state index >= 15 is 0 Å². The van der Waals surface area contributed by atoms with Gasteiger partial charge in [0.15, 0.2) is 0 Å². The number of esters is 6. The van der Waals surface area contributed by atoms with Gasteiger partial charge in [0.05, 0.1) is 0 Å². The van der Waals surface area contributed by atoms with Crippen molar-refractivity contribution in [2.45, 2.75) is 614 Å². The number of nitrogens with zero attached hydrogens (tertiary/aromatic N) is 3. The molecule has 143 heavy (non-hydrogen) atoms. The summed E-state index contributed by atoms with van der Waals surface area (Å²) in [5.41, 5.74) is 0.805. The first-order chi connectivity index (χ1) is 69.8. The minimum Gasteiger partial charge on any atom is -0.462 e. The fourth-order valence-corrected chi connectivity index (χ4v) is 19.6. The second-order valence-corrected chi connectivity index (χ2v) is 42.3. The van der Waals surface area contributed by atoms with Crippen LogP contribution in [0.1, 0.15) is 609 Å². The van der Waals surface area contributed by atoms with Gasteiger partial charge >= 0.3 is 35.8 Å². The molecule has 6 atom stereocenters. The maximum atomic E-state index is 14.6. The first-order valence-electron chi connectivity index (χ1n) is 61.1. The first-order valence-corrected chi connectivity index (χ1v) is 61.1. The predicted molar refractivity (Wildman–Crippen MR) is 596 cm³/mol. The smallest absolute Gasteiger partial charge is 0.306 e. The lowest BCUT2D eigenvalue weighted by molar-refractivity contribution is -0.151. The summed E-state index contributed by atoms with van der Waals surface area (Å²) in [6.07, 6.45) is 75.7. The van der Waals surface area contributed by atoms with Crippen molar-refractivity contribution >= 4 is 53.5 Å². The van der Waals surface area contributed by atoms with Crippen LogP contribution >= 0.6 is 0 Å². The molecule has 0 saturated carbocycles. The Kier molecular flexibility index (Phi) is 94.3. The third kappa shape index (κ3) is 81.9. The highest BCUT2D eigenvalue weighted by Crippen LogP contribution is 2.25. The van der Waals surface area contributed by atoms with Gasteiger partial charge in [-0.3, -0.25) is 43.2 Å². The Labute approximate surface area is 878 Å². The van der Waals surface area contributed by atoms with Crippen LogP contribution in [0.2, 0.25) is 0 Å². The molecular weight excluding hydrogens is 1790 g/mol. The lowest BCUT2D eigenvalue weighted by Crippen LogP contribution is -2.33. The van der Waals surface area contributed by atoms with E-state index in [9.17, 15) is 43.2 Å². The van der Waals surface area contributed by atoms with Gasteiger partial charge in [0.2, 0.25) is 0 Å². The van der Waals surface area contributed by atoms with Crippen molar-refractivity contribution in [3.8, 4) is 0 Å². The van der Waals surface area contributed by atoms with Gasteiger partial charge in [0.25, 0.3) is 17.7 Å². The number of ether oxygens (including phenoxy) is 6. The molecule has 6 unspecified atom stereocenters. The van der Waals surface area contributed by atoms with Crippen LogP contribution in [0.5, 0.6) is 0 Å². The quantitative estimate of drug-likeness (QED) is 0.0311. The Morgan fingerprint density at radius 2 is 0.322 bits per heavy atom. The number of nitrogens with one attached hydrogen (secondary N) is 3. The number of rotatable bonds is 107. The molecule has 0 aliphatic heterocycles. The van der Waals surface area contributed by atoms with Crippen molar-refractivity contribution in [2.75, 3.05) is 78.5 Å². The fourth-order valence-electron chi connectivity index (χ4n) is 19.6. The molecule has 0 aliphatic rings. The molecule has 834 valence electrons. The van der Waals surface area contributed by atoms with Crippen molar-refractivity contribution in [1.29, 1.82) is 0 Å². The molecule has 0 radical (unpaired) electrons. The molecule has 0 aliphatic carbocycles. The predicted octanol–water partition coefficient (Wildman–Crippen LogP) is 31.5. The number of unbranched alkanes of at least 4 members (excludes halogenated alkanes) is 38. The van der Waals surface area contributed by atoms with Crippen molar-refractivity contribution in [3.05, 3.63) is 34.9 Å². The number of carbonyl (C=O) groups is 9. The zero-order valence-electron chi connectivity index (χ0n) is 95.1. The largest absolute Gasteiger partial charge is 0.462 e. The Morgan fingerprint density at radius 1 is 0.182 bits per heavy atom. The van der Waals surface area contributed by atoms with E-state index in [1.54, 1.807) is 18.2 Å². The van der Waals surface area contributed by atoms with E-state index < -0.39 is 0 Å². The zero-order valence-corrected chi connectivity index (χ0v) is 95.1. The molecule has 1 aromatic rings. The molecule has 0 fully saturated rings. The zero-order chi connectivity index (χ0) is 105. The van der Waals surface area contributed by atoms with Crippen LogP contribution in [0.25, 0.3) is 0 Å². The number of amides is 3. The van der Waals surface area contributed by atoms with E-state index in [4.69, 9.17) is 28.4 Å². The standard InChI is InChI=1S/C122H226N6O15/c1-13-25-78-108(72-19-7)138-114(129)84-57-45-33-31-32-39-51-63-93-126(94-64-52-40-34-46-58-85-115(130)139-109(73-20-8)79-26-14-2)99-69-90-123-120(135)105-102-106(121(136)124-91-70-100-127(95-65-53-41-35-47-59-86-116(131)140-110(74-21-9)80-27-15-3)96-66-54-42-36-48-60-87-117(132)141-111(75-22-10)81-28-16-4)104-107(103-105)122(137)125-92-71-101-128(97-67-55-43-37-49-61-88-118(133)142-112(76-23-11)82-29-17-5)98-68-56-44-38-50-62-89-119(134)143-113(77-24-12)83-30-18-6/h102-104,108-113H,13-101H2,1-12H3,(H,123,135)(H,124,136)(H,125,137). The molecule has 0 spiro atoms. The summed E-state index contributed by atoms with van der Waals surface area (Å²) < 4.78 is 35.4. The van der Waals surface area contributed by atoms with E-state index in [1.165, 1.54) is 12.8 Å². The highest BCUT2D eigenvalue weighted by molar-refractivity contribution is 6.04. The molecule has 0 bridgehead atoms. The molecular formula is C122H226N6O15. The Hall–Kier alpha value is -5.67. The highest BCUT2D eigenvalue weighted by Gasteiger charge is 2.24. The lowest BCUT2D eigenvalue weighted by atomic mass is 10.0. The first kappa shape index (κ1) is 135. The van der Waals surface area contributed by atoms with Gasteiger partial charge in [-0.15, -0.1) is 0 Å². The summed E-state index contributed by atoms with van der Waals surface area (Å²) in [4.78, 5) is 128. The van der Waals surface area contributed by atoms with Gasteiger partial charge in [-0.2, -0.15) is 0 Å². The van der Waals surface area contributed by atoms with E-state index in [1.807, 2.05) is 0 Å². The minimum absolute atomic E-state index is 0.0353. The van der Waals surface area contributed by atoms with E-state index in [-0.39, 0.29) is 107 Å². The normalized spacial score (nSPS) is 12.9. The summed E-state index contributed by atoms with van der Waals surface area (Å²) in [7, 11) is 0. The van der Waals surface area contributed by atoms with Crippen LogP contribution in [0.3, 0.4) is 0 Å².